The molecule has 0 bridgehead atoms. The van der Waals surface area contributed by atoms with Gasteiger partial charge in [-0.15, -0.1) is 0 Å². The van der Waals surface area contributed by atoms with Gasteiger partial charge in [0.05, 0.1) is 11.3 Å². The highest BCUT2D eigenvalue weighted by molar-refractivity contribution is 9.10. The van der Waals surface area contributed by atoms with Crippen molar-refractivity contribution in [2.75, 3.05) is 5.32 Å². The maximum absolute atomic E-state index is 13.6. The predicted octanol–water partition coefficient (Wildman–Crippen LogP) is 4.21. The molecule has 0 fully saturated rings. The second-order valence-corrected chi connectivity index (χ2v) is 4.81. The molecular formula is C14H9BrF2N2. The van der Waals surface area contributed by atoms with Crippen LogP contribution in [0.5, 0.6) is 0 Å². The molecule has 19 heavy (non-hydrogen) atoms. The van der Waals surface area contributed by atoms with Crippen molar-refractivity contribution in [3.63, 3.8) is 0 Å². The number of nitrogens with one attached hydrogen (secondary N) is 1. The van der Waals surface area contributed by atoms with E-state index < -0.39 is 5.82 Å². The van der Waals surface area contributed by atoms with Gasteiger partial charge in [0.15, 0.2) is 0 Å². The van der Waals surface area contributed by atoms with E-state index in [0.29, 0.717) is 15.7 Å². The standard InChI is InChI=1S/C14H9BrF2N2/c15-11-2-1-9(13(17)6-11)8-19-14-4-3-12(16)5-10(14)7-18/h1-6,19H,8H2. The average molecular weight is 323 g/mol. The van der Waals surface area contributed by atoms with Gasteiger partial charge in [0.1, 0.15) is 17.7 Å². The van der Waals surface area contributed by atoms with Gasteiger partial charge in [-0.05, 0) is 30.3 Å². The van der Waals surface area contributed by atoms with E-state index in [9.17, 15) is 8.78 Å². The highest BCUT2D eigenvalue weighted by Gasteiger charge is 2.06. The van der Waals surface area contributed by atoms with Gasteiger partial charge in [-0.3, -0.25) is 0 Å². The summed E-state index contributed by atoms with van der Waals surface area (Å²) in [4.78, 5) is 0. The summed E-state index contributed by atoms with van der Waals surface area (Å²) in [5.41, 5.74) is 1.14. The summed E-state index contributed by atoms with van der Waals surface area (Å²) in [6.45, 7) is 0.222. The molecule has 0 radical (unpaired) electrons. The summed E-state index contributed by atoms with van der Waals surface area (Å²) in [6.07, 6.45) is 0. The molecule has 0 aliphatic rings. The lowest BCUT2D eigenvalue weighted by molar-refractivity contribution is 0.612. The Morgan fingerprint density at radius 2 is 1.95 bits per heavy atom. The molecule has 1 N–H and O–H groups in total. The minimum atomic E-state index is -0.475. The minimum absolute atomic E-state index is 0.192. The molecule has 0 saturated carbocycles. The Kier molecular flexibility index (Phi) is 4.13. The van der Waals surface area contributed by atoms with E-state index in [2.05, 4.69) is 21.2 Å². The zero-order valence-electron chi connectivity index (χ0n) is 9.75. The lowest BCUT2D eigenvalue weighted by Crippen LogP contribution is -2.03. The molecular weight excluding hydrogens is 314 g/mol. The number of nitriles is 1. The summed E-state index contributed by atoms with van der Waals surface area (Å²) in [7, 11) is 0. The van der Waals surface area contributed by atoms with Crippen LogP contribution in [0.2, 0.25) is 0 Å². The number of benzene rings is 2. The lowest BCUT2D eigenvalue weighted by atomic mass is 10.1. The third-order valence-corrected chi connectivity index (χ3v) is 3.08. The van der Waals surface area contributed by atoms with E-state index in [1.54, 1.807) is 12.1 Å². The fourth-order valence-electron chi connectivity index (χ4n) is 1.62. The number of hydrogen-bond acceptors (Lipinski definition) is 2. The topological polar surface area (TPSA) is 35.8 Å². The first-order valence-electron chi connectivity index (χ1n) is 5.47. The zero-order chi connectivity index (χ0) is 13.8. The van der Waals surface area contributed by atoms with Gasteiger partial charge in [0.2, 0.25) is 0 Å². The van der Waals surface area contributed by atoms with Crippen LogP contribution in [0.15, 0.2) is 40.9 Å². The van der Waals surface area contributed by atoms with Gasteiger partial charge in [-0.25, -0.2) is 8.78 Å². The van der Waals surface area contributed by atoms with Crippen molar-refractivity contribution in [1.82, 2.24) is 0 Å². The zero-order valence-corrected chi connectivity index (χ0v) is 11.3. The molecule has 5 heteroatoms. The van der Waals surface area contributed by atoms with Gasteiger partial charge in [0.25, 0.3) is 0 Å². The van der Waals surface area contributed by atoms with Gasteiger partial charge >= 0.3 is 0 Å². The summed E-state index contributed by atoms with van der Waals surface area (Å²) < 4.78 is 27.2. The predicted molar refractivity (Wildman–Crippen MR) is 72.5 cm³/mol. The maximum Gasteiger partial charge on any atom is 0.129 e. The fourth-order valence-corrected chi connectivity index (χ4v) is 1.95. The van der Waals surface area contributed by atoms with Gasteiger partial charge in [-0.1, -0.05) is 22.0 Å². The number of nitrogens with zero attached hydrogens (tertiary/aromatic N) is 1. The van der Waals surface area contributed by atoms with E-state index in [1.807, 2.05) is 6.07 Å². The number of halogens is 3. The molecule has 0 heterocycles. The quantitative estimate of drug-likeness (QED) is 0.918. The van der Waals surface area contributed by atoms with Crippen molar-refractivity contribution in [2.45, 2.75) is 6.54 Å². The third-order valence-electron chi connectivity index (χ3n) is 2.59. The SMILES string of the molecule is N#Cc1cc(F)ccc1NCc1ccc(Br)cc1F. The smallest absolute Gasteiger partial charge is 0.129 e. The van der Waals surface area contributed by atoms with E-state index >= 15 is 0 Å². The highest BCUT2D eigenvalue weighted by Crippen LogP contribution is 2.19. The number of hydrogen-bond donors (Lipinski definition) is 1. The summed E-state index contributed by atoms with van der Waals surface area (Å²) in [6, 6.07) is 10.5. The molecule has 2 aromatic carbocycles. The van der Waals surface area contributed by atoms with Crippen LogP contribution in [-0.4, -0.2) is 0 Å². The van der Waals surface area contributed by atoms with Crippen molar-refractivity contribution < 1.29 is 8.78 Å². The van der Waals surface area contributed by atoms with Gasteiger partial charge in [0, 0.05) is 16.6 Å². The van der Waals surface area contributed by atoms with Gasteiger partial charge < -0.3 is 5.32 Å². The van der Waals surface area contributed by atoms with Crippen molar-refractivity contribution >= 4 is 21.6 Å². The Morgan fingerprint density at radius 1 is 1.16 bits per heavy atom. The summed E-state index contributed by atoms with van der Waals surface area (Å²) in [5, 5.41) is 11.8. The number of rotatable bonds is 3. The van der Waals surface area contributed by atoms with Crippen molar-refractivity contribution in [2.24, 2.45) is 0 Å². The van der Waals surface area contributed by atoms with Crippen molar-refractivity contribution in [1.29, 1.82) is 5.26 Å². The van der Waals surface area contributed by atoms with Crippen LogP contribution < -0.4 is 5.32 Å². The molecule has 0 aliphatic carbocycles. The molecule has 96 valence electrons. The highest BCUT2D eigenvalue weighted by atomic mass is 79.9. The molecule has 2 aromatic rings. The van der Waals surface area contributed by atoms with Crippen LogP contribution >= 0.6 is 15.9 Å². The molecule has 0 spiro atoms. The van der Waals surface area contributed by atoms with Crippen LogP contribution in [-0.2, 0) is 6.54 Å². The molecule has 0 unspecified atom stereocenters. The molecule has 2 rings (SSSR count). The van der Waals surface area contributed by atoms with E-state index in [1.165, 1.54) is 18.2 Å². The van der Waals surface area contributed by atoms with Crippen LogP contribution in [0.25, 0.3) is 0 Å². The largest absolute Gasteiger partial charge is 0.380 e. The van der Waals surface area contributed by atoms with E-state index in [4.69, 9.17) is 5.26 Å². The Bertz CT molecular complexity index is 650. The van der Waals surface area contributed by atoms with E-state index in [0.717, 1.165) is 6.07 Å². The van der Waals surface area contributed by atoms with Crippen molar-refractivity contribution in [3.05, 3.63) is 63.6 Å². The molecule has 0 saturated heterocycles. The third kappa shape index (κ3) is 3.30. The van der Waals surface area contributed by atoms with Crippen LogP contribution in [0.1, 0.15) is 11.1 Å². The minimum Gasteiger partial charge on any atom is -0.380 e. The summed E-state index contributed by atoms with van der Waals surface area (Å²) in [5.74, 6) is -0.820. The van der Waals surface area contributed by atoms with Crippen LogP contribution in [0, 0.1) is 23.0 Å². The molecule has 0 aromatic heterocycles. The Labute approximate surface area is 117 Å². The first kappa shape index (κ1) is 13.5. The Hall–Kier alpha value is -1.93. The first-order valence-corrected chi connectivity index (χ1v) is 6.27. The molecule has 0 aliphatic heterocycles. The van der Waals surface area contributed by atoms with Crippen LogP contribution in [0.3, 0.4) is 0 Å². The van der Waals surface area contributed by atoms with Crippen molar-refractivity contribution in [3.8, 4) is 6.07 Å². The second kappa shape index (κ2) is 5.81. The Balaban J connectivity index is 2.17. The molecule has 2 nitrogen and oxygen atoms in total. The van der Waals surface area contributed by atoms with E-state index in [-0.39, 0.29) is 17.9 Å². The molecule has 0 atom stereocenters. The van der Waals surface area contributed by atoms with Gasteiger partial charge in [-0.2, -0.15) is 5.26 Å². The van der Waals surface area contributed by atoms with Crippen LogP contribution in [0.4, 0.5) is 14.5 Å². The Morgan fingerprint density at radius 3 is 2.63 bits per heavy atom. The average Bonchev–Trinajstić information content (AvgIpc) is 2.39. The molecule has 0 amide bonds. The summed E-state index contributed by atoms with van der Waals surface area (Å²) >= 11 is 3.18. The number of anilines is 1. The normalized spacial score (nSPS) is 10.0. The fraction of sp³-hybridized carbons (Fsp3) is 0.0714. The first-order chi connectivity index (χ1) is 9.10. The lowest BCUT2D eigenvalue weighted by Gasteiger charge is -2.09. The monoisotopic (exact) mass is 322 g/mol. The second-order valence-electron chi connectivity index (χ2n) is 3.89. The maximum atomic E-state index is 13.6.